The molecule has 3 aromatic carbocycles. The Morgan fingerprint density at radius 3 is 2.48 bits per heavy atom. The summed E-state index contributed by atoms with van der Waals surface area (Å²) in [7, 11) is 0. The van der Waals surface area contributed by atoms with Crippen molar-refractivity contribution in [3.8, 4) is 5.75 Å². The zero-order valence-electron chi connectivity index (χ0n) is 25.1. The SMILES string of the molecule is O=C(NCCN1CCOCC1)Oc1cccc2c1c(=O)[nH]c1nccc(Nc3ccc(NC(=O)c4ccc(F)cc4C(F)(F)F)cc3)c12. The van der Waals surface area contributed by atoms with Crippen LogP contribution in [0.4, 0.5) is 39.4 Å². The average Bonchev–Trinajstić information content (AvgIpc) is 3.05. The zero-order chi connectivity index (χ0) is 33.8. The van der Waals surface area contributed by atoms with Gasteiger partial charge in [-0.15, -0.1) is 0 Å². The lowest BCUT2D eigenvalue weighted by atomic mass is 10.1. The first-order valence-corrected chi connectivity index (χ1v) is 14.8. The highest BCUT2D eigenvalue weighted by Gasteiger charge is 2.35. The maximum Gasteiger partial charge on any atom is 0.417 e. The van der Waals surface area contributed by atoms with Crippen LogP contribution in [0.2, 0.25) is 0 Å². The van der Waals surface area contributed by atoms with E-state index in [1.807, 2.05) is 0 Å². The van der Waals surface area contributed by atoms with Gasteiger partial charge in [-0.05, 0) is 54.6 Å². The molecule has 3 heterocycles. The molecular formula is C33H28F4N6O5. The quantitative estimate of drug-likeness (QED) is 0.123. The number of anilines is 3. The molecule has 15 heteroatoms. The summed E-state index contributed by atoms with van der Waals surface area (Å²) in [5, 5.41) is 9.47. The van der Waals surface area contributed by atoms with Crippen molar-refractivity contribution in [2.75, 3.05) is 50.0 Å². The Morgan fingerprint density at radius 1 is 0.979 bits per heavy atom. The third-order valence-corrected chi connectivity index (χ3v) is 7.66. The Balaban J connectivity index is 1.20. The normalized spacial score (nSPS) is 13.8. The minimum Gasteiger partial charge on any atom is -0.409 e. The Morgan fingerprint density at radius 2 is 1.73 bits per heavy atom. The molecule has 6 rings (SSSR count). The molecule has 0 unspecified atom stereocenters. The molecule has 0 spiro atoms. The van der Waals surface area contributed by atoms with Gasteiger partial charge in [-0.3, -0.25) is 14.5 Å². The van der Waals surface area contributed by atoms with Crippen molar-refractivity contribution in [1.29, 1.82) is 0 Å². The van der Waals surface area contributed by atoms with Crippen molar-refractivity contribution < 1.29 is 36.6 Å². The number of nitrogens with zero attached hydrogens (tertiary/aromatic N) is 2. The summed E-state index contributed by atoms with van der Waals surface area (Å²) in [6.07, 6.45) is -4.14. The number of amides is 2. The van der Waals surface area contributed by atoms with Crippen molar-refractivity contribution in [3.63, 3.8) is 0 Å². The molecule has 2 aromatic heterocycles. The Labute approximate surface area is 269 Å². The van der Waals surface area contributed by atoms with Gasteiger partial charge in [-0.25, -0.2) is 14.2 Å². The van der Waals surface area contributed by atoms with Gasteiger partial charge in [-0.2, -0.15) is 13.2 Å². The molecule has 0 bridgehead atoms. The van der Waals surface area contributed by atoms with Crippen LogP contribution in [-0.4, -0.2) is 66.3 Å². The van der Waals surface area contributed by atoms with Gasteiger partial charge >= 0.3 is 12.3 Å². The van der Waals surface area contributed by atoms with Crippen LogP contribution in [0.3, 0.4) is 0 Å². The fraction of sp³-hybridized carbons (Fsp3) is 0.212. The average molecular weight is 665 g/mol. The summed E-state index contributed by atoms with van der Waals surface area (Å²) in [5.41, 5.74) is -1.07. The standard InChI is InChI=1S/C33H28F4N6O5/c34-19-4-9-22(24(18-19)33(35,36)37)30(44)41-21-7-5-20(6-8-21)40-25-10-11-38-29-27(25)23-2-1-3-26(28(23)31(45)42-29)48-32(46)39-12-13-43-14-16-47-17-15-43/h1-11,18H,12-17H2,(H,39,46)(H,41,44)(H2,38,40,42,45). The molecular weight excluding hydrogens is 636 g/mol. The lowest BCUT2D eigenvalue weighted by molar-refractivity contribution is -0.138. The third-order valence-electron chi connectivity index (χ3n) is 7.66. The summed E-state index contributed by atoms with van der Waals surface area (Å²) in [6, 6.07) is 14.5. The summed E-state index contributed by atoms with van der Waals surface area (Å²) in [5.74, 6) is -2.11. The highest BCUT2D eigenvalue weighted by Crippen LogP contribution is 2.34. The molecule has 48 heavy (non-hydrogen) atoms. The van der Waals surface area contributed by atoms with Crippen molar-refractivity contribution in [2.24, 2.45) is 0 Å². The molecule has 248 valence electrons. The first-order valence-electron chi connectivity index (χ1n) is 14.8. The first-order chi connectivity index (χ1) is 23.1. The number of hydrogen-bond acceptors (Lipinski definition) is 8. The molecule has 4 N–H and O–H groups in total. The van der Waals surface area contributed by atoms with Crippen LogP contribution in [0.5, 0.6) is 5.75 Å². The Kier molecular flexibility index (Phi) is 9.23. The fourth-order valence-electron chi connectivity index (χ4n) is 5.38. The summed E-state index contributed by atoms with van der Waals surface area (Å²) in [4.78, 5) is 47.6. The minimum atomic E-state index is -4.92. The first kappa shape index (κ1) is 32.4. The number of aromatic nitrogens is 2. The molecule has 5 aromatic rings. The van der Waals surface area contributed by atoms with Crippen molar-refractivity contribution in [2.45, 2.75) is 6.18 Å². The number of alkyl halides is 3. The molecule has 0 saturated carbocycles. The second kappa shape index (κ2) is 13.7. The van der Waals surface area contributed by atoms with Crippen LogP contribution >= 0.6 is 0 Å². The van der Waals surface area contributed by atoms with Gasteiger partial charge in [0.1, 0.15) is 17.2 Å². The van der Waals surface area contributed by atoms with E-state index in [1.54, 1.807) is 30.3 Å². The van der Waals surface area contributed by atoms with Crippen LogP contribution < -0.4 is 26.2 Å². The number of rotatable bonds is 8. The number of benzene rings is 3. The van der Waals surface area contributed by atoms with Crippen molar-refractivity contribution >= 4 is 50.9 Å². The van der Waals surface area contributed by atoms with Crippen LogP contribution in [0.25, 0.3) is 21.8 Å². The van der Waals surface area contributed by atoms with E-state index in [4.69, 9.17) is 9.47 Å². The van der Waals surface area contributed by atoms with Gasteiger partial charge in [0, 0.05) is 54.5 Å². The number of carbonyl (C=O) groups is 2. The van der Waals surface area contributed by atoms with Gasteiger partial charge in [0.25, 0.3) is 11.5 Å². The number of fused-ring (bicyclic) bond motifs is 3. The third kappa shape index (κ3) is 7.21. The summed E-state index contributed by atoms with van der Waals surface area (Å²) in [6.45, 7) is 3.81. The number of H-pyrrole nitrogens is 1. The smallest absolute Gasteiger partial charge is 0.409 e. The molecule has 1 aliphatic rings. The van der Waals surface area contributed by atoms with E-state index in [2.05, 4.69) is 30.8 Å². The molecule has 1 aliphatic heterocycles. The highest BCUT2D eigenvalue weighted by molar-refractivity contribution is 6.12. The minimum absolute atomic E-state index is 0.0595. The molecule has 0 atom stereocenters. The number of pyridine rings is 2. The van der Waals surface area contributed by atoms with Crippen LogP contribution in [-0.2, 0) is 10.9 Å². The monoisotopic (exact) mass is 664 g/mol. The predicted molar refractivity (Wildman–Crippen MR) is 170 cm³/mol. The lowest BCUT2D eigenvalue weighted by Crippen LogP contribution is -2.41. The van der Waals surface area contributed by atoms with Gasteiger partial charge < -0.3 is 30.4 Å². The summed E-state index contributed by atoms with van der Waals surface area (Å²) >= 11 is 0. The number of ether oxygens (including phenoxy) is 2. The van der Waals surface area contributed by atoms with Crippen molar-refractivity contribution in [1.82, 2.24) is 20.2 Å². The number of halogens is 4. The fourth-order valence-corrected chi connectivity index (χ4v) is 5.38. The summed E-state index contributed by atoms with van der Waals surface area (Å²) < 4.78 is 64.5. The topological polar surface area (TPSA) is 138 Å². The number of aromatic amines is 1. The molecule has 1 saturated heterocycles. The molecule has 0 radical (unpaired) electrons. The second-order valence-electron chi connectivity index (χ2n) is 10.8. The Hall–Kier alpha value is -5.54. The van der Waals surface area contributed by atoms with E-state index >= 15 is 0 Å². The largest absolute Gasteiger partial charge is 0.417 e. The van der Waals surface area contributed by atoms with E-state index in [0.29, 0.717) is 48.5 Å². The zero-order valence-corrected chi connectivity index (χ0v) is 25.1. The van der Waals surface area contributed by atoms with Gasteiger partial charge in [0.05, 0.1) is 35.4 Å². The van der Waals surface area contributed by atoms with Gasteiger partial charge in [-0.1, -0.05) is 12.1 Å². The van der Waals surface area contributed by atoms with E-state index in [9.17, 15) is 31.9 Å². The second-order valence-corrected chi connectivity index (χ2v) is 10.8. The van der Waals surface area contributed by atoms with E-state index in [-0.39, 0.29) is 28.5 Å². The predicted octanol–water partition coefficient (Wildman–Crippen LogP) is 5.65. The number of morpholine rings is 1. The molecule has 1 fully saturated rings. The molecule has 2 amide bonds. The van der Waals surface area contributed by atoms with Gasteiger partial charge in [0.15, 0.2) is 0 Å². The lowest BCUT2D eigenvalue weighted by Gasteiger charge is -2.26. The van der Waals surface area contributed by atoms with Crippen LogP contribution in [0.15, 0.2) is 77.7 Å². The van der Waals surface area contributed by atoms with E-state index in [0.717, 1.165) is 25.2 Å². The Bertz CT molecular complexity index is 2050. The molecule has 0 aliphatic carbocycles. The van der Waals surface area contributed by atoms with Gasteiger partial charge in [0.2, 0.25) is 0 Å². The van der Waals surface area contributed by atoms with E-state index < -0.39 is 40.7 Å². The number of carbonyl (C=O) groups excluding carboxylic acids is 2. The molecule has 11 nitrogen and oxygen atoms in total. The van der Waals surface area contributed by atoms with E-state index in [1.165, 1.54) is 24.4 Å². The van der Waals surface area contributed by atoms with Crippen LogP contribution in [0.1, 0.15) is 15.9 Å². The highest BCUT2D eigenvalue weighted by atomic mass is 19.4. The maximum atomic E-state index is 13.5. The van der Waals surface area contributed by atoms with Crippen molar-refractivity contribution in [3.05, 3.63) is 100 Å². The maximum absolute atomic E-state index is 13.5. The van der Waals surface area contributed by atoms with Crippen LogP contribution in [0, 0.1) is 5.82 Å². The number of nitrogens with one attached hydrogen (secondary N) is 4. The number of hydrogen-bond donors (Lipinski definition) is 4.